The van der Waals surface area contributed by atoms with Crippen LogP contribution in [0.1, 0.15) is 20.8 Å². The summed E-state index contributed by atoms with van der Waals surface area (Å²) in [5.74, 6) is -0.430. The summed E-state index contributed by atoms with van der Waals surface area (Å²) in [6.07, 6.45) is 4.02. The lowest BCUT2D eigenvalue weighted by Gasteiger charge is -2.30. The molecule has 3 heteroatoms. The molecule has 0 aromatic heterocycles. The maximum atomic E-state index is 10.9. The van der Waals surface area contributed by atoms with E-state index < -0.39 is 5.60 Å². The van der Waals surface area contributed by atoms with Crippen LogP contribution in [0, 0.1) is 11.8 Å². The molecule has 3 unspecified atom stereocenters. The lowest BCUT2D eigenvalue weighted by molar-refractivity contribution is -0.149. The molecule has 3 nitrogen and oxygen atoms in total. The van der Waals surface area contributed by atoms with Crippen LogP contribution < -0.4 is 0 Å². The molecule has 1 heterocycles. The van der Waals surface area contributed by atoms with Gasteiger partial charge in [0, 0.05) is 17.9 Å². The van der Waals surface area contributed by atoms with Crippen molar-refractivity contribution in [2.75, 3.05) is 0 Å². The number of hydrogen-bond acceptors (Lipinski definition) is 3. The second-order valence-electron chi connectivity index (χ2n) is 3.72. The van der Waals surface area contributed by atoms with E-state index in [2.05, 4.69) is 0 Å². The largest absolute Gasteiger partial charge is 0.452 e. The fourth-order valence-corrected chi connectivity index (χ4v) is 1.40. The van der Waals surface area contributed by atoms with Crippen molar-refractivity contribution < 1.29 is 14.3 Å². The maximum absolute atomic E-state index is 10.9. The van der Waals surface area contributed by atoms with Crippen molar-refractivity contribution in [2.45, 2.75) is 26.4 Å². The van der Waals surface area contributed by atoms with Crippen molar-refractivity contribution in [3.63, 3.8) is 0 Å². The molecule has 0 bridgehead atoms. The topological polar surface area (TPSA) is 43.4 Å². The summed E-state index contributed by atoms with van der Waals surface area (Å²) in [5, 5.41) is 0. The number of cyclic esters (lactones) is 1. The second kappa shape index (κ2) is 3.32. The van der Waals surface area contributed by atoms with Crippen LogP contribution in [-0.2, 0) is 14.3 Å². The fraction of sp³-hybridized carbons (Fsp3) is 0.600. The average molecular weight is 182 g/mol. The minimum absolute atomic E-state index is 0.00713. The third-order valence-corrected chi connectivity index (χ3v) is 2.78. The first-order valence-corrected chi connectivity index (χ1v) is 4.37. The lowest BCUT2D eigenvalue weighted by atomic mass is 9.82. The van der Waals surface area contributed by atoms with Gasteiger partial charge >= 0.3 is 5.97 Å². The van der Waals surface area contributed by atoms with E-state index in [0.29, 0.717) is 0 Å². The van der Waals surface area contributed by atoms with Crippen LogP contribution in [0.15, 0.2) is 12.2 Å². The van der Waals surface area contributed by atoms with Gasteiger partial charge in [-0.1, -0.05) is 13.8 Å². The van der Waals surface area contributed by atoms with Crippen LogP contribution in [0.5, 0.6) is 0 Å². The normalized spacial score (nSPS) is 31.2. The van der Waals surface area contributed by atoms with Gasteiger partial charge in [-0.2, -0.15) is 0 Å². The quantitative estimate of drug-likeness (QED) is 0.488. The predicted molar refractivity (Wildman–Crippen MR) is 48.0 cm³/mol. The molecule has 0 aromatic rings. The van der Waals surface area contributed by atoms with Gasteiger partial charge in [-0.3, -0.25) is 0 Å². The van der Waals surface area contributed by atoms with Gasteiger partial charge in [0.25, 0.3) is 0 Å². The van der Waals surface area contributed by atoms with Crippen molar-refractivity contribution in [1.82, 2.24) is 0 Å². The number of ether oxygens (including phenoxy) is 1. The highest BCUT2D eigenvalue weighted by atomic mass is 16.6. The van der Waals surface area contributed by atoms with Gasteiger partial charge in [-0.05, 0) is 13.0 Å². The van der Waals surface area contributed by atoms with E-state index in [9.17, 15) is 9.59 Å². The van der Waals surface area contributed by atoms with Crippen molar-refractivity contribution >= 4 is 12.3 Å². The number of hydrogen-bond donors (Lipinski definition) is 0. The third kappa shape index (κ3) is 1.79. The van der Waals surface area contributed by atoms with Crippen LogP contribution in [0.4, 0.5) is 0 Å². The van der Waals surface area contributed by atoms with Gasteiger partial charge in [-0.15, -0.1) is 0 Å². The number of carbonyl (C=O) groups excluding carboxylic acids is 2. The summed E-state index contributed by atoms with van der Waals surface area (Å²) < 4.78 is 5.12. The molecule has 0 aromatic carbocycles. The Labute approximate surface area is 77.8 Å². The molecule has 1 aliphatic rings. The van der Waals surface area contributed by atoms with Gasteiger partial charge in [0.05, 0.1) is 0 Å². The number of aldehydes is 1. The Balaban J connectivity index is 2.76. The van der Waals surface area contributed by atoms with E-state index in [0.717, 1.165) is 6.29 Å². The van der Waals surface area contributed by atoms with Crippen molar-refractivity contribution in [2.24, 2.45) is 11.8 Å². The summed E-state index contributed by atoms with van der Waals surface area (Å²) in [6.45, 7) is 5.55. The van der Waals surface area contributed by atoms with E-state index >= 15 is 0 Å². The SMILES string of the molecule is CC(C=O)C(C)C1(C)C=CC(=O)O1. The number of esters is 1. The van der Waals surface area contributed by atoms with E-state index in [-0.39, 0.29) is 17.8 Å². The van der Waals surface area contributed by atoms with Crippen LogP contribution >= 0.6 is 0 Å². The highest BCUT2D eigenvalue weighted by molar-refractivity contribution is 5.85. The predicted octanol–water partition coefficient (Wildman–Crippen LogP) is 1.33. The molecule has 0 aliphatic carbocycles. The molecule has 72 valence electrons. The minimum atomic E-state index is -0.614. The first kappa shape index (κ1) is 9.96. The molecule has 0 radical (unpaired) electrons. The molecule has 1 aliphatic heterocycles. The Morgan fingerprint density at radius 1 is 1.54 bits per heavy atom. The molecule has 0 saturated heterocycles. The first-order chi connectivity index (χ1) is 5.99. The molecular formula is C10H14O3. The summed E-state index contributed by atoms with van der Waals surface area (Å²) >= 11 is 0. The standard InChI is InChI=1S/C10H14O3/c1-7(6-11)8(2)10(3)5-4-9(12)13-10/h4-8H,1-3H3. The Morgan fingerprint density at radius 3 is 2.54 bits per heavy atom. The zero-order valence-corrected chi connectivity index (χ0v) is 8.11. The Morgan fingerprint density at radius 2 is 2.15 bits per heavy atom. The van der Waals surface area contributed by atoms with Crippen molar-refractivity contribution in [3.05, 3.63) is 12.2 Å². The van der Waals surface area contributed by atoms with E-state index in [1.807, 2.05) is 20.8 Å². The highest BCUT2D eigenvalue weighted by Crippen LogP contribution is 2.32. The molecule has 1 rings (SSSR count). The van der Waals surface area contributed by atoms with Crippen LogP contribution in [0.25, 0.3) is 0 Å². The average Bonchev–Trinajstić information content (AvgIpc) is 2.45. The maximum Gasteiger partial charge on any atom is 0.331 e. The Kier molecular flexibility index (Phi) is 2.55. The zero-order valence-electron chi connectivity index (χ0n) is 8.11. The smallest absolute Gasteiger partial charge is 0.331 e. The van der Waals surface area contributed by atoms with Crippen molar-refractivity contribution in [3.8, 4) is 0 Å². The van der Waals surface area contributed by atoms with Gasteiger partial charge in [0.2, 0.25) is 0 Å². The third-order valence-electron chi connectivity index (χ3n) is 2.78. The highest BCUT2D eigenvalue weighted by Gasteiger charge is 2.38. The lowest BCUT2D eigenvalue weighted by Crippen LogP contribution is -2.36. The molecule has 3 atom stereocenters. The Bertz CT molecular complexity index is 257. The molecular weight excluding hydrogens is 168 g/mol. The molecule has 0 spiro atoms. The Hall–Kier alpha value is -1.12. The van der Waals surface area contributed by atoms with E-state index in [1.54, 1.807) is 6.08 Å². The van der Waals surface area contributed by atoms with E-state index in [1.165, 1.54) is 6.08 Å². The van der Waals surface area contributed by atoms with Gasteiger partial charge in [0.15, 0.2) is 0 Å². The molecule has 0 amide bonds. The molecule has 0 fully saturated rings. The van der Waals surface area contributed by atoms with E-state index in [4.69, 9.17) is 4.74 Å². The minimum Gasteiger partial charge on any atom is -0.452 e. The summed E-state index contributed by atoms with van der Waals surface area (Å²) in [7, 11) is 0. The number of rotatable bonds is 3. The fourth-order valence-electron chi connectivity index (χ4n) is 1.40. The van der Waals surface area contributed by atoms with Gasteiger partial charge < -0.3 is 9.53 Å². The molecule has 0 N–H and O–H groups in total. The second-order valence-corrected chi connectivity index (χ2v) is 3.72. The summed E-state index contributed by atoms with van der Waals surface area (Å²) in [4.78, 5) is 21.4. The van der Waals surface area contributed by atoms with Crippen LogP contribution in [0.3, 0.4) is 0 Å². The van der Waals surface area contributed by atoms with Gasteiger partial charge in [0.1, 0.15) is 11.9 Å². The number of carbonyl (C=O) groups is 2. The summed E-state index contributed by atoms with van der Waals surface area (Å²) in [6, 6.07) is 0. The van der Waals surface area contributed by atoms with Crippen LogP contribution in [-0.4, -0.2) is 17.9 Å². The zero-order chi connectivity index (χ0) is 10.1. The van der Waals surface area contributed by atoms with Crippen LogP contribution in [0.2, 0.25) is 0 Å². The molecule has 13 heavy (non-hydrogen) atoms. The van der Waals surface area contributed by atoms with Gasteiger partial charge in [-0.25, -0.2) is 4.79 Å². The molecule has 0 saturated carbocycles. The first-order valence-electron chi connectivity index (χ1n) is 4.37. The van der Waals surface area contributed by atoms with Crippen molar-refractivity contribution in [1.29, 1.82) is 0 Å². The summed E-state index contributed by atoms with van der Waals surface area (Å²) in [5.41, 5.74) is -0.614. The monoisotopic (exact) mass is 182 g/mol.